The van der Waals surface area contributed by atoms with E-state index in [1.54, 1.807) is 25.3 Å². The molecule has 0 spiro atoms. The van der Waals surface area contributed by atoms with E-state index >= 15 is 0 Å². The number of aromatic nitrogens is 1. The summed E-state index contributed by atoms with van der Waals surface area (Å²) in [6.07, 6.45) is 3.63. The summed E-state index contributed by atoms with van der Waals surface area (Å²) in [6, 6.07) is 7.91. The van der Waals surface area contributed by atoms with Crippen LogP contribution in [0.5, 0.6) is 0 Å². The molecule has 0 aliphatic carbocycles. The summed E-state index contributed by atoms with van der Waals surface area (Å²) in [6.45, 7) is 3.67. The van der Waals surface area contributed by atoms with Crippen molar-refractivity contribution in [2.45, 2.75) is 25.2 Å². The molecule has 21 heavy (non-hydrogen) atoms. The minimum atomic E-state index is -3.88. The summed E-state index contributed by atoms with van der Waals surface area (Å²) in [7, 11) is -3.88. The third kappa shape index (κ3) is 3.46. The average molecular weight is 304 g/mol. The fourth-order valence-corrected chi connectivity index (χ4v) is 3.02. The molecule has 6 heteroatoms. The molecule has 2 rings (SSSR count). The maximum Gasteiger partial charge on any atom is 0.265 e. The summed E-state index contributed by atoms with van der Waals surface area (Å²) >= 11 is 0. The number of amides is 1. The number of nitrogens with zero attached hydrogens (tertiary/aromatic N) is 1. The molecule has 1 N–H and O–H groups in total. The Kier molecular flexibility index (Phi) is 4.37. The molecule has 110 valence electrons. The number of benzene rings is 1. The first-order valence-electron chi connectivity index (χ1n) is 6.50. The highest BCUT2D eigenvalue weighted by Gasteiger charge is 2.20. The number of hydrogen-bond acceptors (Lipinski definition) is 4. The van der Waals surface area contributed by atoms with Crippen molar-refractivity contribution in [2.75, 3.05) is 0 Å². The standard InChI is InChI=1S/C15H16N2O3S/c1-3-12-10-16-8-7-14(12)15(18)17-21(19,20)13-6-4-5-11(2)9-13/h4-10H,3H2,1-2H3,(H,17,18). The van der Waals surface area contributed by atoms with Gasteiger partial charge in [-0.1, -0.05) is 19.1 Å². The van der Waals surface area contributed by atoms with Crippen molar-refractivity contribution in [3.8, 4) is 0 Å². The zero-order valence-corrected chi connectivity index (χ0v) is 12.6. The monoisotopic (exact) mass is 304 g/mol. The number of pyridine rings is 1. The summed E-state index contributed by atoms with van der Waals surface area (Å²) in [5.41, 5.74) is 1.83. The Bertz CT molecular complexity index is 770. The lowest BCUT2D eigenvalue weighted by Crippen LogP contribution is -2.31. The van der Waals surface area contributed by atoms with Crippen molar-refractivity contribution < 1.29 is 13.2 Å². The molecule has 0 fully saturated rings. The Morgan fingerprint density at radius 2 is 2.05 bits per heavy atom. The first-order chi connectivity index (χ1) is 9.94. The highest BCUT2D eigenvalue weighted by molar-refractivity contribution is 7.90. The molecule has 0 radical (unpaired) electrons. The SMILES string of the molecule is CCc1cnccc1C(=O)NS(=O)(=O)c1cccc(C)c1. The summed E-state index contributed by atoms with van der Waals surface area (Å²) in [5, 5.41) is 0. The second-order valence-electron chi connectivity index (χ2n) is 4.64. The van der Waals surface area contributed by atoms with E-state index in [2.05, 4.69) is 9.71 Å². The van der Waals surface area contributed by atoms with Crippen LogP contribution < -0.4 is 4.72 Å². The zero-order valence-electron chi connectivity index (χ0n) is 11.8. The Morgan fingerprint density at radius 3 is 2.71 bits per heavy atom. The predicted octanol–water partition coefficient (Wildman–Crippen LogP) is 2.07. The minimum absolute atomic E-state index is 0.0722. The van der Waals surface area contributed by atoms with Crippen molar-refractivity contribution in [2.24, 2.45) is 0 Å². The molecule has 2 aromatic rings. The second-order valence-corrected chi connectivity index (χ2v) is 6.32. The lowest BCUT2D eigenvalue weighted by molar-refractivity contribution is 0.0980. The molecule has 0 aliphatic heterocycles. The molecule has 0 bridgehead atoms. The number of carbonyl (C=O) groups excluding carboxylic acids is 1. The van der Waals surface area contributed by atoms with Gasteiger partial charge in [0.05, 0.1) is 4.90 Å². The molecule has 0 aliphatic rings. The van der Waals surface area contributed by atoms with Crippen molar-refractivity contribution in [1.82, 2.24) is 9.71 Å². The van der Waals surface area contributed by atoms with Gasteiger partial charge in [-0.2, -0.15) is 0 Å². The van der Waals surface area contributed by atoms with Gasteiger partial charge in [0.25, 0.3) is 15.9 Å². The van der Waals surface area contributed by atoms with Crippen molar-refractivity contribution >= 4 is 15.9 Å². The largest absolute Gasteiger partial charge is 0.268 e. The molecule has 0 atom stereocenters. The Hall–Kier alpha value is -2.21. The molecule has 1 aromatic heterocycles. The molecular formula is C15H16N2O3S. The number of hydrogen-bond donors (Lipinski definition) is 1. The van der Waals surface area contributed by atoms with E-state index in [0.29, 0.717) is 17.5 Å². The zero-order chi connectivity index (χ0) is 15.5. The van der Waals surface area contributed by atoms with Crippen LogP contribution in [0.4, 0.5) is 0 Å². The van der Waals surface area contributed by atoms with Gasteiger partial charge in [-0.15, -0.1) is 0 Å². The molecule has 1 amide bonds. The van der Waals surface area contributed by atoms with Gasteiger partial charge in [-0.3, -0.25) is 9.78 Å². The van der Waals surface area contributed by atoms with Gasteiger partial charge in [-0.05, 0) is 42.7 Å². The van der Waals surface area contributed by atoms with Gasteiger partial charge < -0.3 is 0 Å². The molecule has 1 heterocycles. The maximum atomic E-state index is 12.2. The third-order valence-corrected chi connectivity index (χ3v) is 4.38. The summed E-state index contributed by atoms with van der Waals surface area (Å²) in [4.78, 5) is 16.2. The molecule has 5 nitrogen and oxygen atoms in total. The van der Waals surface area contributed by atoms with Crippen LogP contribution in [0.2, 0.25) is 0 Å². The highest BCUT2D eigenvalue weighted by Crippen LogP contribution is 2.13. The summed E-state index contributed by atoms with van der Waals surface area (Å²) in [5.74, 6) is -0.643. The van der Waals surface area contributed by atoms with E-state index in [-0.39, 0.29) is 4.90 Å². The topological polar surface area (TPSA) is 76.1 Å². The quantitative estimate of drug-likeness (QED) is 0.938. The Morgan fingerprint density at radius 1 is 1.29 bits per heavy atom. The number of nitrogens with one attached hydrogen (secondary N) is 1. The number of rotatable bonds is 4. The van der Waals surface area contributed by atoms with Crippen molar-refractivity contribution in [1.29, 1.82) is 0 Å². The average Bonchev–Trinajstić information content (AvgIpc) is 2.46. The van der Waals surface area contributed by atoms with Crippen LogP contribution in [0.15, 0.2) is 47.6 Å². The van der Waals surface area contributed by atoms with Crippen LogP contribution in [0, 0.1) is 6.92 Å². The van der Waals surface area contributed by atoms with Gasteiger partial charge in [0.15, 0.2) is 0 Å². The minimum Gasteiger partial charge on any atom is -0.268 e. The number of sulfonamides is 1. The van der Waals surface area contributed by atoms with Crippen molar-refractivity contribution in [3.63, 3.8) is 0 Å². The highest BCUT2D eigenvalue weighted by atomic mass is 32.2. The van der Waals surface area contributed by atoms with Gasteiger partial charge >= 0.3 is 0 Å². The van der Waals surface area contributed by atoms with E-state index in [1.165, 1.54) is 24.4 Å². The van der Waals surface area contributed by atoms with E-state index in [9.17, 15) is 13.2 Å². The van der Waals surface area contributed by atoms with E-state index in [4.69, 9.17) is 0 Å². The fraction of sp³-hybridized carbons (Fsp3) is 0.200. The molecule has 0 saturated carbocycles. The first-order valence-corrected chi connectivity index (χ1v) is 7.99. The van der Waals surface area contributed by atoms with Crippen LogP contribution in [-0.4, -0.2) is 19.3 Å². The van der Waals surface area contributed by atoms with Gasteiger partial charge in [-0.25, -0.2) is 13.1 Å². The van der Waals surface area contributed by atoms with Gasteiger partial charge in [0.2, 0.25) is 0 Å². The molecule has 1 aromatic carbocycles. The van der Waals surface area contributed by atoms with E-state index in [0.717, 1.165) is 5.56 Å². The molecular weight excluding hydrogens is 288 g/mol. The third-order valence-electron chi connectivity index (χ3n) is 3.06. The smallest absolute Gasteiger partial charge is 0.265 e. The van der Waals surface area contributed by atoms with Crippen molar-refractivity contribution in [3.05, 3.63) is 59.4 Å². The van der Waals surface area contributed by atoms with Crippen LogP contribution in [0.25, 0.3) is 0 Å². The lowest BCUT2D eigenvalue weighted by Gasteiger charge is -2.09. The van der Waals surface area contributed by atoms with E-state index in [1.807, 2.05) is 6.92 Å². The first kappa shape index (κ1) is 15.2. The molecule has 0 saturated heterocycles. The number of aryl methyl sites for hydroxylation is 2. The second kappa shape index (κ2) is 6.05. The normalized spacial score (nSPS) is 11.1. The van der Waals surface area contributed by atoms with E-state index < -0.39 is 15.9 Å². The van der Waals surface area contributed by atoms with Crippen LogP contribution in [-0.2, 0) is 16.4 Å². The summed E-state index contributed by atoms with van der Waals surface area (Å²) < 4.78 is 26.5. The predicted molar refractivity (Wildman–Crippen MR) is 79.4 cm³/mol. The van der Waals surface area contributed by atoms with Crippen LogP contribution in [0.1, 0.15) is 28.4 Å². The lowest BCUT2D eigenvalue weighted by atomic mass is 10.1. The Balaban J connectivity index is 2.30. The van der Waals surface area contributed by atoms with Crippen LogP contribution >= 0.6 is 0 Å². The van der Waals surface area contributed by atoms with Crippen LogP contribution in [0.3, 0.4) is 0 Å². The molecule has 0 unspecified atom stereocenters. The number of carbonyl (C=O) groups is 1. The van der Waals surface area contributed by atoms with Gasteiger partial charge in [0, 0.05) is 18.0 Å². The fourth-order valence-electron chi connectivity index (χ4n) is 1.95. The van der Waals surface area contributed by atoms with Gasteiger partial charge in [0.1, 0.15) is 0 Å². The maximum absolute atomic E-state index is 12.2. The Labute approximate surface area is 124 Å².